The number of benzene rings is 2. The number of carbonyl (C=O) groups excluding carboxylic acids is 3. The molecule has 0 aliphatic rings. The molecule has 2 rings (SSSR count). The van der Waals surface area contributed by atoms with Gasteiger partial charge in [0, 0.05) is 36.0 Å². The van der Waals surface area contributed by atoms with Crippen molar-refractivity contribution in [3.63, 3.8) is 0 Å². The molecule has 0 spiro atoms. The van der Waals surface area contributed by atoms with E-state index in [9.17, 15) is 18.8 Å². The SMILES string of the molecule is CN(C)C(=O)c1ccc(NC(=O)COC(=O)CCSc2ccc(F)cc2)cc1. The molecule has 0 aliphatic heterocycles. The number of hydrogen-bond acceptors (Lipinski definition) is 5. The molecule has 0 fully saturated rings. The van der Waals surface area contributed by atoms with Crippen molar-refractivity contribution < 1.29 is 23.5 Å². The molecule has 2 aromatic carbocycles. The van der Waals surface area contributed by atoms with E-state index in [2.05, 4.69) is 5.32 Å². The van der Waals surface area contributed by atoms with Gasteiger partial charge in [-0.05, 0) is 48.5 Å². The van der Waals surface area contributed by atoms with Gasteiger partial charge < -0.3 is 15.0 Å². The summed E-state index contributed by atoms with van der Waals surface area (Å²) in [6.45, 7) is -0.390. The summed E-state index contributed by atoms with van der Waals surface area (Å²) in [4.78, 5) is 37.7. The van der Waals surface area contributed by atoms with E-state index in [1.807, 2.05) is 0 Å². The summed E-state index contributed by atoms with van der Waals surface area (Å²) in [5, 5.41) is 2.60. The molecule has 1 N–H and O–H groups in total. The van der Waals surface area contributed by atoms with Gasteiger partial charge in [0.25, 0.3) is 11.8 Å². The molecular formula is C20H21FN2O4S. The van der Waals surface area contributed by atoms with Crippen molar-refractivity contribution in [2.45, 2.75) is 11.3 Å². The minimum Gasteiger partial charge on any atom is -0.456 e. The summed E-state index contributed by atoms with van der Waals surface area (Å²) in [6.07, 6.45) is 0.136. The minimum absolute atomic E-state index is 0.134. The number of nitrogens with one attached hydrogen (secondary N) is 1. The van der Waals surface area contributed by atoms with Crippen molar-refractivity contribution in [1.82, 2.24) is 4.90 Å². The van der Waals surface area contributed by atoms with Crippen LogP contribution in [0, 0.1) is 5.82 Å². The fourth-order valence-corrected chi connectivity index (χ4v) is 2.99. The van der Waals surface area contributed by atoms with Crippen LogP contribution in [-0.4, -0.2) is 49.1 Å². The number of rotatable bonds is 8. The van der Waals surface area contributed by atoms with Crippen LogP contribution in [0.3, 0.4) is 0 Å². The summed E-state index contributed by atoms with van der Waals surface area (Å²) in [5.41, 5.74) is 1.01. The highest BCUT2D eigenvalue weighted by Gasteiger charge is 2.10. The van der Waals surface area contributed by atoms with Crippen LogP contribution < -0.4 is 5.32 Å². The molecule has 0 saturated heterocycles. The van der Waals surface area contributed by atoms with E-state index in [4.69, 9.17) is 4.74 Å². The smallest absolute Gasteiger partial charge is 0.307 e. The molecule has 0 atom stereocenters. The van der Waals surface area contributed by atoms with E-state index in [1.165, 1.54) is 28.8 Å². The third-order valence-electron chi connectivity index (χ3n) is 3.57. The molecule has 6 nitrogen and oxygen atoms in total. The zero-order valence-electron chi connectivity index (χ0n) is 15.6. The second-order valence-corrected chi connectivity index (χ2v) is 7.21. The fraction of sp³-hybridized carbons (Fsp3) is 0.250. The number of carbonyl (C=O) groups is 3. The zero-order valence-corrected chi connectivity index (χ0v) is 16.4. The Morgan fingerprint density at radius 1 is 1.04 bits per heavy atom. The first-order valence-corrected chi connectivity index (χ1v) is 9.49. The number of anilines is 1. The van der Waals surface area contributed by atoms with Crippen LogP contribution in [0.15, 0.2) is 53.4 Å². The highest BCUT2D eigenvalue weighted by Crippen LogP contribution is 2.19. The summed E-state index contributed by atoms with van der Waals surface area (Å²) < 4.78 is 17.8. The predicted molar refractivity (Wildman–Crippen MR) is 106 cm³/mol. The van der Waals surface area contributed by atoms with Crippen LogP contribution in [0.5, 0.6) is 0 Å². The van der Waals surface area contributed by atoms with E-state index < -0.39 is 18.5 Å². The van der Waals surface area contributed by atoms with E-state index in [0.717, 1.165) is 4.90 Å². The van der Waals surface area contributed by atoms with Crippen LogP contribution in [0.25, 0.3) is 0 Å². The van der Waals surface area contributed by atoms with Crippen molar-refractivity contribution in [3.8, 4) is 0 Å². The van der Waals surface area contributed by atoms with Crippen LogP contribution in [-0.2, 0) is 14.3 Å². The highest BCUT2D eigenvalue weighted by atomic mass is 32.2. The number of halogens is 1. The average Bonchev–Trinajstić information content (AvgIpc) is 2.68. The molecule has 0 bridgehead atoms. The lowest BCUT2D eigenvalue weighted by Crippen LogP contribution is -2.22. The van der Waals surface area contributed by atoms with Gasteiger partial charge in [0.2, 0.25) is 0 Å². The first kappa shape index (κ1) is 21.4. The summed E-state index contributed by atoms with van der Waals surface area (Å²) >= 11 is 1.40. The molecule has 2 amide bonds. The normalized spacial score (nSPS) is 10.2. The maximum atomic E-state index is 12.8. The summed E-state index contributed by atoms with van der Waals surface area (Å²) in [6, 6.07) is 12.4. The number of esters is 1. The molecule has 0 radical (unpaired) electrons. The molecule has 0 aromatic heterocycles. The molecular weight excluding hydrogens is 383 g/mol. The fourth-order valence-electron chi connectivity index (χ4n) is 2.15. The maximum Gasteiger partial charge on any atom is 0.307 e. The topological polar surface area (TPSA) is 75.7 Å². The summed E-state index contributed by atoms with van der Waals surface area (Å²) in [5.74, 6) is -0.935. The van der Waals surface area contributed by atoms with E-state index in [0.29, 0.717) is 17.0 Å². The Morgan fingerprint density at radius 3 is 2.29 bits per heavy atom. The number of thioether (sulfide) groups is 1. The molecule has 2 aromatic rings. The largest absolute Gasteiger partial charge is 0.456 e. The van der Waals surface area contributed by atoms with Gasteiger partial charge >= 0.3 is 5.97 Å². The van der Waals surface area contributed by atoms with Crippen molar-refractivity contribution >= 4 is 35.2 Å². The van der Waals surface area contributed by atoms with Gasteiger partial charge in [-0.15, -0.1) is 11.8 Å². The van der Waals surface area contributed by atoms with Crippen LogP contribution >= 0.6 is 11.8 Å². The molecule has 0 unspecified atom stereocenters. The third-order valence-corrected chi connectivity index (χ3v) is 4.59. The van der Waals surface area contributed by atoms with Gasteiger partial charge in [0.05, 0.1) is 6.42 Å². The second kappa shape index (κ2) is 10.5. The number of hydrogen-bond donors (Lipinski definition) is 1. The van der Waals surface area contributed by atoms with E-state index in [1.54, 1.807) is 50.5 Å². The molecule has 0 aliphatic carbocycles. The Kier molecular flexibility index (Phi) is 8.01. The quantitative estimate of drug-likeness (QED) is 0.540. The molecule has 0 saturated carbocycles. The van der Waals surface area contributed by atoms with Crippen molar-refractivity contribution in [1.29, 1.82) is 0 Å². The minimum atomic E-state index is -0.489. The van der Waals surface area contributed by atoms with E-state index >= 15 is 0 Å². The van der Waals surface area contributed by atoms with Gasteiger partial charge in [0.1, 0.15) is 5.82 Å². The monoisotopic (exact) mass is 404 g/mol. The first-order valence-electron chi connectivity index (χ1n) is 8.50. The highest BCUT2D eigenvalue weighted by molar-refractivity contribution is 7.99. The van der Waals surface area contributed by atoms with Crippen LogP contribution in [0.4, 0.5) is 10.1 Å². The van der Waals surface area contributed by atoms with Crippen molar-refractivity contribution in [2.24, 2.45) is 0 Å². The lowest BCUT2D eigenvalue weighted by atomic mass is 10.2. The number of nitrogens with zero attached hydrogens (tertiary/aromatic N) is 1. The maximum absolute atomic E-state index is 12.8. The van der Waals surface area contributed by atoms with Gasteiger partial charge in [-0.25, -0.2) is 4.39 Å². The van der Waals surface area contributed by atoms with Crippen LogP contribution in [0.2, 0.25) is 0 Å². The number of ether oxygens (including phenoxy) is 1. The second-order valence-electron chi connectivity index (χ2n) is 6.04. The van der Waals surface area contributed by atoms with Gasteiger partial charge in [0.15, 0.2) is 6.61 Å². The lowest BCUT2D eigenvalue weighted by molar-refractivity contribution is -0.146. The molecule has 148 valence electrons. The van der Waals surface area contributed by atoms with E-state index in [-0.39, 0.29) is 18.1 Å². The Hall–Kier alpha value is -2.87. The lowest BCUT2D eigenvalue weighted by Gasteiger charge is -2.11. The first-order chi connectivity index (χ1) is 13.3. The standard InChI is InChI=1S/C20H21FN2O4S/c1-23(2)20(26)14-3-7-16(8-4-14)22-18(24)13-27-19(25)11-12-28-17-9-5-15(21)6-10-17/h3-10H,11-13H2,1-2H3,(H,22,24). The molecule has 28 heavy (non-hydrogen) atoms. The van der Waals surface area contributed by atoms with Gasteiger partial charge in [-0.2, -0.15) is 0 Å². The van der Waals surface area contributed by atoms with Gasteiger partial charge in [-0.3, -0.25) is 14.4 Å². The van der Waals surface area contributed by atoms with Crippen molar-refractivity contribution in [2.75, 3.05) is 31.8 Å². The molecule has 8 heteroatoms. The zero-order chi connectivity index (χ0) is 20.5. The summed E-state index contributed by atoms with van der Waals surface area (Å²) in [7, 11) is 3.31. The third kappa shape index (κ3) is 7.03. The number of amides is 2. The Balaban J connectivity index is 1.69. The Morgan fingerprint density at radius 2 is 1.68 bits per heavy atom. The predicted octanol–water partition coefficient (Wildman–Crippen LogP) is 3.19. The van der Waals surface area contributed by atoms with Crippen molar-refractivity contribution in [3.05, 3.63) is 59.9 Å². The Bertz CT molecular complexity index is 823. The average molecular weight is 404 g/mol. The van der Waals surface area contributed by atoms with Gasteiger partial charge in [-0.1, -0.05) is 0 Å². The molecule has 0 heterocycles. The van der Waals surface area contributed by atoms with Crippen LogP contribution in [0.1, 0.15) is 16.8 Å². The Labute approximate surface area is 167 Å².